The second-order valence-corrected chi connectivity index (χ2v) is 7.53. The van der Waals surface area contributed by atoms with Crippen LogP contribution in [0, 0.1) is 0 Å². The largest absolute Gasteiger partial charge is 0.394 e. The molecule has 4 N–H and O–H groups in total. The van der Waals surface area contributed by atoms with Gasteiger partial charge in [-0.15, -0.1) is 0 Å². The number of ether oxygens (including phenoxy) is 1. The highest BCUT2D eigenvalue weighted by atomic mass is 32.2. The van der Waals surface area contributed by atoms with E-state index in [4.69, 9.17) is 4.74 Å². The van der Waals surface area contributed by atoms with Gasteiger partial charge in [0.2, 0.25) is 0 Å². The Balaban J connectivity index is 1.62. The molecule has 0 saturated carbocycles. The Hall–Kier alpha value is -1.46. The molecule has 4 heterocycles. The van der Waals surface area contributed by atoms with E-state index in [0.717, 1.165) is 24.3 Å². The maximum absolute atomic E-state index is 10.2. The maximum atomic E-state index is 10.2. The van der Waals surface area contributed by atoms with Gasteiger partial charge in [-0.1, -0.05) is 0 Å². The number of nitrogens with one attached hydrogen (secondary N) is 1. The SMILES string of the molecule is OCC1OC(n2cnc3c(NC4CCSCC4)ncnc32)C(O)C1O. The van der Waals surface area contributed by atoms with Crippen LogP contribution in [0.3, 0.4) is 0 Å². The molecule has 0 aromatic carbocycles. The Morgan fingerprint density at radius 3 is 2.72 bits per heavy atom. The van der Waals surface area contributed by atoms with E-state index in [1.807, 2.05) is 11.8 Å². The molecule has 2 aliphatic heterocycles. The molecule has 9 nitrogen and oxygen atoms in total. The van der Waals surface area contributed by atoms with Gasteiger partial charge in [-0.3, -0.25) is 4.57 Å². The van der Waals surface area contributed by atoms with Crippen molar-refractivity contribution in [3.8, 4) is 0 Å². The van der Waals surface area contributed by atoms with Crippen LogP contribution in [-0.4, -0.2) is 77.3 Å². The first-order valence-corrected chi connectivity index (χ1v) is 9.48. The van der Waals surface area contributed by atoms with Gasteiger partial charge < -0.3 is 25.4 Å². The molecule has 136 valence electrons. The Morgan fingerprint density at radius 2 is 2.00 bits per heavy atom. The molecule has 0 amide bonds. The second-order valence-electron chi connectivity index (χ2n) is 6.31. The molecule has 2 fully saturated rings. The van der Waals surface area contributed by atoms with Gasteiger partial charge in [-0.05, 0) is 24.3 Å². The molecule has 0 aliphatic carbocycles. The summed E-state index contributed by atoms with van der Waals surface area (Å²) in [7, 11) is 0. The smallest absolute Gasteiger partial charge is 0.167 e. The highest BCUT2D eigenvalue weighted by Crippen LogP contribution is 2.32. The van der Waals surface area contributed by atoms with E-state index >= 15 is 0 Å². The lowest BCUT2D eigenvalue weighted by Gasteiger charge is -2.23. The van der Waals surface area contributed by atoms with E-state index in [9.17, 15) is 15.3 Å². The molecule has 0 radical (unpaired) electrons. The zero-order valence-electron chi connectivity index (χ0n) is 13.5. The van der Waals surface area contributed by atoms with Crippen molar-refractivity contribution >= 4 is 28.7 Å². The van der Waals surface area contributed by atoms with E-state index < -0.39 is 24.5 Å². The average Bonchev–Trinajstić information content (AvgIpc) is 3.18. The number of nitrogens with zero attached hydrogens (tertiary/aromatic N) is 4. The lowest BCUT2D eigenvalue weighted by atomic mass is 10.1. The van der Waals surface area contributed by atoms with Crippen molar-refractivity contribution in [1.82, 2.24) is 19.5 Å². The summed E-state index contributed by atoms with van der Waals surface area (Å²) in [5.74, 6) is 2.92. The van der Waals surface area contributed by atoms with E-state index in [1.54, 1.807) is 4.57 Å². The summed E-state index contributed by atoms with van der Waals surface area (Å²) in [6.07, 6.45) is 1.09. The van der Waals surface area contributed by atoms with E-state index in [-0.39, 0.29) is 6.61 Å². The van der Waals surface area contributed by atoms with Gasteiger partial charge in [-0.2, -0.15) is 11.8 Å². The molecule has 2 aromatic rings. The number of aliphatic hydroxyl groups excluding tert-OH is 3. The molecule has 25 heavy (non-hydrogen) atoms. The molecular formula is C15H21N5O4S. The van der Waals surface area contributed by atoms with E-state index in [1.165, 1.54) is 12.7 Å². The molecule has 0 spiro atoms. The molecule has 4 rings (SSSR count). The number of hydrogen-bond donors (Lipinski definition) is 4. The summed E-state index contributed by atoms with van der Waals surface area (Å²) < 4.78 is 7.14. The monoisotopic (exact) mass is 367 g/mol. The third-order valence-corrected chi connectivity index (χ3v) is 5.76. The lowest BCUT2D eigenvalue weighted by Crippen LogP contribution is -2.33. The summed E-state index contributed by atoms with van der Waals surface area (Å²) in [6.45, 7) is -0.372. The van der Waals surface area contributed by atoms with Crippen LogP contribution in [0.4, 0.5) is 5.82 Å². The molecular weight excluding hydrogens is 346 g/mol. The van der Waals surface area contributed by atoms with Crippen molar-refractivity contribution in [1.29, 1.82) is 0 Å². The summed E-state index contributed by atoms with van der Waals surface area (Å²) >= 11 is 1.96. The van der Waals surface area contributed by atoms with Crippen LogP contribution < -0.4 is 5.32 Å². The van der Waals surface area contributed by atoms with Crippen molar-refractivity contribution in [3.05, 3.63) is 12.7 Å². The number of anilines is 1. The standard InChI is InChI=1S/C15H21N5O4S/c21-5-9-11(22)12(23)15(24-9)20-7-18-10-13(16-6-17-14(10)20)19-8-1-3-25-4-2-8/h6-9,11-12,15,21-23H,1-5H2,(H,16,17,19). The van der Waals surface area contributed by atoms with Gasteiger partial charge in [-0.25, -0.2) is 15.0 Å². The first-order chi connectivity index (χ1) is 12.2. The summed E-state index contributed by atoms with van der Waals surface area (Å²) in [4.78, 5) is 12.9. The Labute approximate surface area is 148 Å². The molecule has 10 heteroatoms. The zero-order chi connectivity index (χ0) is 17.4. The quantitative estimate of drug-likeness (QED) is 0.578. The van der Waals surface area contributed by atoms with Gasteiger partial charge in [0.15, 0.2) is 23.2 Å². The fourth-order valence-corrected chi connectivity index (χ4v) is 4.40. The number of thioether (sulfide) groups is 1. The van der Waals surface area contributed by atoms with Crippen molar-refractivity contribution in [2.45, 2.75) is 43.4 Å². The summed E-state index contributed by atoms with van der Waals surface area (Å²) in [5.41, 5.74) is 1.11. The number of hydrogen-bond acceptors (Lipinski definition) is 9. The first-order valence-electron chi connectivity index (χ1n) is 8.33. The minimum atomic E-state index is -1.17. The third-order valence-electron chi connectivity index (χ3n) is 4.71. The normalized spacial score (nSPS) is 30.8. The molecule has 2 saturated heterocycles. The van der Waals surface area contributed by atoms with E-state index in [2.05, 4.69) is 20.3 Å². The van der Waals surface area contributed by atoms with Crippen molar-refractivity contribution < 1.29 is 20.1 Å². The molecule has 4 atom stereocenters. The zero-order valence-corrected chi connectivity index (χ0v) is 14.3. The maximum Gasteiger partial charge on any atom is 0.167 e. The average molecular weight is 367 g/mol. The molecule has 2 aromatic heterocycles. The molecule has 4 unspecified atom stereocenters. The van der Waals surface area contributed by atoms with Gasteiger partial charge in [0.25, 0.3) is 0 Å². The molecule has 0 bridgehead atoms. The summed E-state index contributed by atoms with van der Waals surface area (Å²) in [5, 5.41) is 32.9. The van der Waals surface area contributed by atoms with Gasteiger partial charge in [0.05, 0.1) is 12.9 Å². The second kappa shape index (κ2) is 7.04. The number of aliphatic hydroxyl groups is 3. The van der Waals surface area contributed by atoms with Crippen LogP contribution in [0.1, 0.15) is 19.1 Å². The van der Waals surface area contributed by atoms with Crippen molar-refractivity contribution in [2.75, 3.05) is 23.4 Å². The van der Waals surface area contributed by atoms with Crippen LogP contribution in [0.2, 0.25) is 0 Å². The predicted molar refractivity (Wildman–Crippen MR) is 92.3 cm³/mol. The highest BCUT2D eigenvalue weighted by molar-refractivity contribution is 7.99. The third kappa shape index (κ3) is 3.08. The van der Waals surface area contributed by atoms with Crippen molar-refractivity contribution in [3.63, 3.8) is 0 Å². The number of rotatable bonds is 4. The minimum Gasteiger partial charge on any atom is -0.394 e. The molecule has 2 aliphatic rings. The van der Waals surface area contributed by atoms with Crippen LogP contribution in [0.5, 0.6) is 0 Å². The topological polar surface area (TPSA) is 126 Å². The van der Waals surface area contributed by atoms with Crippen LogP contribution >= 0.6 is 11.8 Å². The lowest BCUT2D eigenvalue weighted by molar-refractivity contribution is -0.0511. The van der Waals surface area contributed by atoms with Crippen LogP contribution in [-0.2, 0) is 4.74 Å². The van der Waals surface area contributed by atoms with Crippen LogP contribution in [0.25, 0.3) is 11.2 Å². The fraction of sp³-hybridized carbons (Fsp3) is 0.667. The Morgan fingerprint density at radius 1 is 1.20 bits per heavy atom. The Kier molecular flexibility index (Phi) is 4.78. The first kappa shape index (κ1) is 17.0. The fourth-order valence-electron chi connectivity index (χ4n) is 3.29. The van der Waals surface area contributed by atoms with Gasteiger partial charge in [0.1, 0.15) is 24.6 Å². The number of imidazole rings is 1. The highest BCUT2D eigenvalue weighted by Gasteiger charge is 2.44. The van der Waals surface area contributed by atoms with Crippen molar-refractivity contribution in [2.24, 2.45) is 0 Å². The summed E-state index contributed by atoms with van der Waals surface area (Å²) in [6, 6.07) is 0.360. The van der Waals surface area contributed by atoms with E-state index in [0.29, 0.717) is 23.0 Å². The minimum absolute atomic E-state index is 0.360. The predicted octanol–water partition coefficient (Wildman–Crippen LogP) is -0.255. The number of aromatic nitrogens is 4. The number of fused-ring (bicyclic) bond motifs is 1. The van der Waals surface area contributed by atoms with Gasteiger partial charge in [0, 0.05) is 6.04 Å². The van der Waals surface area contributed by atoms with Crippen LogP contribution in [0.15, 0.2) is 12.7 Å². The van der Waals surface area contributed by atoms with Gasteiger partial charge >= 0.3 is 0 Å². The Bertz CT molecular complexity index is 738.